The Hall–Kier alpha value is -3.03. The van der Waals surface area contributed by atoms with Crippen LogP contribution in [0.5, 0.6) is 0 Å². The average Bonchev–Trinajstić information content (AvgIpc) is 3.46. The summed E-state index contributed by atoms with van der Waals surface area (Å²) >= 11 is 0. The van der Waals surface area contributed by atoms with Crippen LogP contribution in [0.25, 0.3) is 11.4 Å². The Morgan fingerprint density at radius 1 is 1.15 bits per heavy atom. The lowest BCUT2D eigenvalue weighted by atomic mass is 10.1. The Bertz CT molecular complexity index is 964. The van der Waals surface area contributed by atoms with Gasteiger partial charge in [0.25, 0.3) is 5.91 Å². The Kier molecular flexibility index (Phi) is 3.95. The van der Waals surface area contributed by atoms with E-state index in [9.17, 15) is 4.79 Å². The molecule has 3 aromatic rings. The first-order valence-electron chi connectivity index (χ1n) is 9.41. The fourth-order valence-electron chi connectivity index (χ4n) is 4.01. The van der Waals surface area contributed by atoms with Gasteiger partial charge in [-0.1, -0.05) is 5.16 Å². The zero-order chi connectivity index (χ0) is 18.2. The van der Waals surface area contributed by atoms with Crippen molar-refractivity contribution in [2.75, 3.05) is 6.54 Å². The number of hydrogen-bond donors (Lipinski definition) is 0. The third kappa shape index (κ3) is 2.81. The first-order chi connectivity index (χ1) is 13.3. The monoisotopic (exact) mass is 364 g/mol. The van der Waals surface area contributed by atoms with E-state index in [1.165, 1.54) is 0 Å². The molecule has 1 amide bonds. The molecule has 5 rings (SSSR count). The van der Waals surface area contributed by atoms with Crippen LogP contribution >= 0.6 is 0 Å². The number of amides is 1. The first-order valence-corrected chi connectivity index (χ1v) is 9.41. The molecule has 0 saturated carbocycles. The van der Waals surface area contributed by atoms with Gasteiger partial charge < -0.3 is 9.42 Å². The second-order valence-corrected chi connectivity index (χ2v) is 7.03. The van der Waals surface area contributed by atoms with E-state index in [1.54, 1.807) is 18.6 Å². The van der Waals surface area contributed by atoms with Gasteiger partial charge in [0.1, 0.15) is 6.04 Å². The number of aromatic nitrogens is 5. The maximum Gasteiger partial charge on any atom is 0.258 e. The van der Waals surface area contributed by atoms with E-state index >= 15 is 0 Å². The Morgan fingerprint density at radius 3 is 2.93 bits per heavy atom. The molecule has 2 aliphatic heterocycles. The van der Waals surface area contributed by atoms with Crippen molar-refractivity contribution >= 4 is 5.91 Å². The molecule has 1 saturated heterocycles. The molecular formula is C19H20N6O2. The summed E-state index contributed by atoms with van der Waals surface area (Å²) in [7, 11) is 0. The smallest absolute Gasteiger partial charge is 0.258 e. The number of fused-ring (bicyclic) bond motifs is 1. The highest BCUT2D eigenvalue weighted by Gasteiger charge is 2.36. The molecule has 2 aliphatic rings. The average molecular weight is 364 g/mol. The maximum absolute atomic E-state index is 13.2. The highest BCUT2D eigenvalue weighted by atomic mass is 16.5. The predicted molar refractivity (Wildman–Crippen MR) is 95.7 cm³/mol. The number of pyridine rings is 1. The van der Waals surface area contributed by atoms with Crippen LogP contribution in [0, 0.1) is 0 Å². The minimum atomic E-state index is -0.181. The summed E-state index contributed by atoms with van der Waals surface area (Å²) in [4.78, 5) is 23.6. The van der Waals surface area contributed by atoms with Crippen molar-refractivity contribution in [2.24, 2.45) is 0 Å². The van der Waals surface area contributed by atoms with E-state index in [1.807, 2.05) is 21.7 Å². The van der Waals surface area contributed by atoms with Gasteiger partial charge in [-0.15, -0.1) is 0 Å². The van der Waals surface area contributed by atoms with Gasteiger partial charge in [-0.3, -0.25) is 14.5 Å². The number of rotatable bonds is 3. The number of hydrogen-bond acceptors (Lipinski definition) is 6. The van der Waals surface area contributed by atoms with Crippen LogP contribution in [0.15, 0.2) is 35.2 Å². The van der Waals surface area contributed by atoms with Gasteiger partial charge in [-0.05, 0) is 44.2 Å². The van der Waals surface area contributed by atoms with Gasteiger partial charge >= 0.3 is 0 Å². The summed E-state index contributed by atoms with van der Waals surface area (Å²) in [5.74, 6) is 1.03. The predicted octanol–water partition coefficient (Wildman–Crippen LogP) is 2.64. The second kappa shape index (κ2) is 6.61. The standard InChI is InChI=1S/C19H20N6O2/c26-19(14-12-21-25-11-2-1-4-15(14)25)24-10-3-5-16(24)18-22-17(23-27-18)13-6-8-20-9-7-13/h6-9,12,16H,1-5,10-11H2/t16-/m0/s1. The van der Waals surface area contributed by atoms with Crippen molar-refractivity contribution < 1.29 is 9.32 Å². The topological polar surface area (TPSA) is 89.9 Å². The Balaban J connectivity index is 1.42. The lowest BCUT2D eigenvalue weighted by Crippen LogP contribution is -2.31. The molecule has 0 aromatic carbocycles. The van der Waals surface area contributed by atoms with Gasteiger partial charge in [-0.2, -0.15) is 10.1 Å². The number of nitrogens with zero attached hydrogens (tertiary/aromatic N) is 6. The van der Waals surface area contributed by atoms with Gasteiger partial charge in [0.2, 0.25) is 11.7 Å². The highest BCUT2D eigenvalue weighted by Crippen LogP contribution is 2.34. The van der Waals surface area contributed by atoms with Crippen LogP contribution < -0.4 is 0 Å². The second-order valence-electron chi connectivity index (χ2n) is 7.03. The normalized spacial score (nSPS) is 19.3. The number of likely N-dealkylation sites (tertiary alicyclic amines) is 1. The van der Waals surface area contributed by atoms with Crippen molar-refractivity contribution in [1.82, 2.24) is 29.8 Å². The quantitative estimate of drug-likeness (QED) is 0.710. The fraction of sp³-hybridized carbons (Fsp3) is 0.421. The van der Waals surface area contributed by atoms with Crippen molar-refractivity contribution in [3.05, 3.63) is 47.9 Å². The zero-order valence-electron chi connectivity index (χ0n) is 14.9. The van der Waals surface area contributed by atoms with Crippen molar-refractivity contribution in [1.29, 1.82) is 0 Å². The van der Waals surface area contributed by atoms with E-state index in [0.29, 0.717) is 18.3 Å². The molecule has 1 fully saturated rings. The lowest BCUT2D eigenvalue weighted by Gasteiger charge is -2.22. The molecule has 0 N–H and O–H groups in total. The number of carbonyl (C=O) groups is 1. The van der Waals surface area contributed by atoms with Crippen LogP contribution in [-0.4, -0.2) is 42.3 Å². The minimum absolute atomic E-state index is 0.0179. The molecule has 0 unspecified atom stereocenters. The largest absolute Gasteiger partial charge is 0.337 e. The third-order valence-electron chi connectivity index (χ3n) is 5.39. The summed E-state index contributed by atoms with van der Waals surface area (Å²) in [6, 6.07) is 3.50. The van der Waals surface area contributed by atoms with Crippen LogP contribution in [-0.2, 0) is 13.0 Å². The first kappa shape index (κ1) is 16.2. The highest BCUT2D eigenvalue weighted by molar-refractivity contribution is 5.95. The van der Waals surface area contributed by atoms with E-state index in [-0.39, 0.29) is 11.9 Å². The number of aryl methyl sites for hydroxylation is 1. The minimum Gasteiger partial charge on any atom is -0.337 e. The summed E-state index contributed by atoms with van der Waals surface area (Å²) in [6.45, 7) is 1.59. The van der Waals surface area contributed by atoms with Crippen molar-refractivity contribution in [3.8, 4) is 11.4 Å². The molecule has 138 valence electrons. The number of carbonyl (C=O) groups excluding carboxylic acids is 1. The molecule has 27 heavy (non-hydrogen) atoms. The van der Waals surface area contributed by atoms with Gasteiger partial charge in [0.05, 0.1) is 17.5 Å². The van der Waals surface area contributed by atoms with E-state index < -0.39 is 0 Å². The Labute approximate surface area is 156 Å². The molecule has 5 heterocycles. The molecule has 0 spiro atoms. The van der Waals surface area contributed by atoms with Crippen molar-refractivity contribution in [3.63, 3.8) is 0 Å². The molecule has 3 aromatic heterocycles. The molecule has 0 radical (unpaired) electrons. The van der Waals surface area contributed by atoms with E-state index in [4.69, 9.17) is 4.52 Å². The summed E-state index contributed by atoms with van der Waals surface area (Å²) in [5.41, 5.74) is 2.62. The van der Waals surface area contributed by atoms with Crippen LogP contribution in [0.4, 0.5) is 0 Å². The fourth-order valence-corrected chi connectivity index (χ4v) is 4.01. The van der Waals surface area contributed by atoms with Gasteiger partial charge in [-0.25, -0.2) is 0 Å². The summed E-state index contributed by atoms with van der Waals surface area (Å²) in [6.07, 6.45) is 9.99. The summed E-state index contributed by atoms with van der Waals surface area (Å²) < 4.78 is 7.49. The lowest BCUT2D eigenvalue weighted by molar-refractivity contribution is 0.0708. The SMILES string of the molecule is O=C(c1cnn2c1CCCC2)N1CCC[C@H]1c1nc(-c2ccncc2)no1. The zero-order valence-corrected chi connectivity index (χ0v) is 14.9. The molecule has 0 bridgehead atoms. The molecular weight excluding hydrogens is 344 g/mol. The van der Waals surface area contributed by atoms with E-state index in [0.717, 1.165) is 55.5 Å². The van der Waals surface area contributed by atoms with Crippen LogP contribution in [0.1, 0.15) is 53.7 Å². The third-order valence-corrected chi connectivity index (χ3v) is 5.39. The van der Waals surface area contributed by atoms with Crippen molar-refractivity contribution in [2.45, 2.75) is 44.7 Å². The molecule has 0 aliphatic carbocycles. The van der Waals surface area contributed by atoms with E-state index in [2.05, 4.69) is 20.2 Å². The maximum atomic E-state index is 13.2. The summed E-state index contributed by atoms with van der Waals surface area (Å²) in [5, 5.41) is 8.49. The van der Waals surface area contributed by atoms with Gasteiger partial charge in [0, 0.05) is 31.0 Å². The molecule has 1 atom stereocenters. The molecule has 8 nitrogen and oxygen atoms in total. The van der Waals surface area contributed by atoms with Crippen LogP contribution in [0.2, 0.25) is 0 Å². The van der Waals surface area contributed by atoms with Gasteiger partial charge in [0.15, 0.2) is 0 Å². The Morgan fingerprint density at radius 2 is 2.04 bits per heavy atom. The molecule has 8 heteroatoms. The van der Waals surface area contributed by atoms with Crippen LogP contribution in [0.3, 0.4) is 0 Å².